The molecule has 130 valence electrons. The van der Waals surface area contributed by atoms with Crippen LogP contribution in [0.2, 0.25) is 0 Å². The summed E-state index contributed by atoms with van der Waals surface area (Å²) in [7, 11) is 0. The monoisotopic (exact) mass is 400 g/mol. The molecule has 0 atom stereocenters. The van der Waals surface area contributed by atoms with Crippen LogP contribution >= 0.6 is 15.9 Å². The molecule has 25 heavy (non-hydrogen) atoms. The number of urea groups is 1. The zero-order valence-electron chi connectivity index (χ0n) is 14.2. The first-order valence-corrected chi connectivity index (χ1v) is 9.32. The summed E-state index contributed by atoms with van der Waals surface area (Å²) in [6.45, 7) is 3.38. The first-order chi connectivity index (χ1) is 12.1. The molecular formula is C20H21BrN2O2. The number of amides is 3. The lowest BCUT2D eigenvalue weighted by atomic mass is 10.1. The molecule has 0 aromatic heterocycles. The smallest absolute Gasteiger partial charge is 0.324 e. The van der Waals surface area contributed by atoms with Crippen molar-refractivity contribution in [2.45, 2.75) is 26.2 Å². The first kappa shape index (κ1) is 17.7. The van der Waals surface area contributed by atoms with E-state index < -0.39 is 0 Å². The standard InChI is InChI=1S/C20H21BrN2O2/c1-15-9-11-16(12-10-15)23(20(25)22-13-5-2-6-14-22)19(24)17-7-3-4-8-18(17)21/h3-4,7-12H,2,5-6,13-14H2,1H3. The number of piperidine rings is 1. The molecule has 0 unspecified atom stereocenters. The van der Waals surface area contributed by atoms with Crippen molar-refractivity contribution in [3.63, 3.8) is 0 Å². The molecule has 0 bridgehead atoms. The van der Waals surface area contributed by atoms with Gasteiger partial charge in [-0.3, -0.25) is 4.79 Å². The van der Waals surface area contributed by atoms with Crippen LogP contribution in [0.3, 0.4) is 0 Å². The topological polar surface area (TPSA) is 40.6 Å². The van der Waals surface area contributed by atoms with Gasteiger partial charge in [0.15, 0.2) is 0 Å². The molecule has 1 fully saturated rings. The second-order valence-corrected chi connectivity index (χ2v) is 7.14. The summed E-state index contributed by atoms with van der Waals surface area (Å²) >= 11 is 3.42. The maximum atomic E-state index is 13.2. The maximum Gasteiger partial charge on any atom is 0.331 e. The Hall–Kier alpha value is -2.14. The fourth-order valence-electron chi connectivity index (χ4n) is 2.99. The third kappa shape index (κ3) is 3.93. The van der Waals surface area contributed by atoms with Crippen LogP contribution in [-0.4, -0.2) is 29.9 Å². The predicted octanol–water partition coefficient (Wildman–Crippen LogP) is 5.01. The van der Waals surface area contributed by atoms with Crippen LogP contribution in [0, 0.1) is 6.92 Å². The lowest BCUT2D eigenvalue weighted by Gasteiger charge is -2.32. The van der Waals surface area contributed by atoms with Crippen molar-refractivity contribution in [1.29, 1.82) is 0 Å². The van der Waals surface area contributed by atoms with E-state index in [0.29, 0.717) is 28.8 Å². The van der Waals surface area contributed by atoms with E-state index >= 15 is 0 Å². The quantitative estimate of drug-likeness (QED) is 0.710. The highest BCUT2D eigenvalue weighted by atomic mass is 79.9. The number of nitrogens with zero attached hydrogens (tertiary/aromatic N) is 2. The number of carbonyl (C=O) groups excluding carboxylic acids is 2. The molecule has 2 aromatic carbocycles. The highest BCUT2D eigenvalue weighted by molar-refractivity contribution is 9.10. The zero-order chi connectivity index (χ0) is 17.8. The van der Waals surface area contributed by atoms with E-state index in [1.165, 1.54) is 4.90 Å². The second kappa shape index (κ2) is 7.83. The fourth-order valence-corrected chi connectivity index (χ4v) is 3.44. The average Bonchev–Trinajstić information content (AvgIpc) is 2.64. The first-order valence-electron chi connectivity index (χ1n) is 8.52. The molecule has 2 aromatic rings. The van der Waals surface area contributed by atoms with E-state index in [9.17, 15) is 9.59 Å². The van der Waals surface area contributed by atoms with Crippen LogP contribution < -0.4 is 4.90 Å². The van der Waals surface area contributed by atoms with Gasteiger partial charge in [0, 0.05) is 17.6 Å². The predicted molar refractivity (Wildman–Crippen MR) is 103 cm³/mol. The average molecular weight is 401 g/mol. The molecule has 4 nitrogen and oxygen atoms in total. The Morgan fingerprint density at radius 2 is 1.60 bits per heavy atom. The number of benzene rings is 2. The molecule has 1 saturated heterocycles. The van der Waals surface area contributed by atoms with Crippen LogP contribution in [0.5, 0.6) is 0 Å². The number of carbonyl (C=O) groups is 2. The van der Waals surface area contributed by atoms with Gasteiger partial charge in [-0.2, -0.15) is 0 Å². The third-order valence-corrected chi connectivity index (χ3v) is 5.11. The van der Waals surface area contributed by atoms with Gasteiger partial charge in [0.2, 0.25) is 0 Å². The van der Waals surface area contributed by atoms with Gasteiger partial charge < -0.3 is 4.90 Å². The Balaban J connectivity index is 1.99. The normalized spacial score (nSPS) is 14.2. The van der Waals surface area contributed by atoms with Gasteiger partial charge in [0.05, 0.1) is 11.3 Å². The van der Waals surface area contributed by atoms with Crippen LogP contribution in [-0.2, 0) is 0 Å². The fraction of sp³-hybridized carbons (Fsp3) is 0.300. The lowest BCUT2D eigenvalue weighted by molar-refractivity contribution is 0.0983. The molecule has 0 aliphatic carbocycles. The molecule has 0 N–H and O–H groups in total. The Kier molecular flexibility index (Phi) is 5.53. The van der Waals surface area contributed by atoms with Crippen LogP contribution in [0.15, 0.2) is 53.0 Å². The number of halogens is 1. The highest BCUT2D eigenvalue weighted by Gasteiger charge is 2.30. The molecule has 1 aliphatic heterocycles. The Morgan fingerprint density at radius 1 is 0.960 bits per heavy atom. The lowest BCUT2D eigenvalue weighted by Crippen LogP contribution is -2.48. The van der Waals surface area contributed by atoms with Crippen molar-refractivity contribution in [3.05, 3.63) is 64.1 Å². The summed E-state index contributed by atoms with van der Waals surface area (Å²) < 4.78 is 0.684. The summed E-state index contributed by atoms with van der Waals surface area (Å²) in [6, 6.07) is 14.4. The molecular weight excluding hydrogens is 380 g/mol. The van der Waals surface area contributed by atoms with Crippen molar-refractivity contribution in [1.82, 2.24) is 4.90 Å². The SMILES string of the molecule is Cc1ccc(N(C(=O)c2ccccc2Br)C(=O)N2CCCCC2)cc1. The largest absolute Gasteiger partial charge is 0.331 e. The number of imide groups is 1. The molecule has 0 spiro atoms. The van der Waals surface area contributed by atoms with Crippen molar-refractivity contribution >= 4 is 33.6 Å². The van der Waals surface area contributed by atoms with E-state index in [1.54, 1.807) is 17.0 Å². The second-order valence-electron chi connectivity index (χ2n) is 6.29. The number of hydrogen-bond donors (Lipinski definition) is 0. The van der Waals surface area contributed by atoms with Crippen molar-refractivity contribution in [2.24, 2.45) is 0 Å². The molecule has 5 heteroatoms. The van der Waals surface area contributed by atoms with E-state index in [0.717, 1.165) is 24.8 Å². The number of aryl methyl sites for hydroxylation is 1. The molecule has 0 saturated carbocycles. The summed E-state index contributed by atoms with van der Waals surface area (Å²) in [5, 5.41) is 0. The minimum absolute atomic E-state index is 0.246. The van der Waals surface area contributed by atoms with Crippen molar-refractivity contribution < 1.29 is 9.59 Å². The Morgan fingerprint density at radius 3 is 2.24 bits per heavy atom. The third-order valence-electron chi connectivity index (χ3n) is 4.42. The van der Waals surface area contributed by atoms with Gasteiger partial charge in [0.1, 0.15) is 0 Å². The zero-order valence-corrected chi connectivity index (χ0v) is 15.8. The minimum Gasteiger partial charge on any atom is -0.324 e. The van der Waals surface area contributed by atoms with Crippen LogP contribution in [0.4, 0.5) is 10.5 Å². The van der Waals surface area contributed by atoms with Gasteiger partial charge in [-0.05, 0) is 66.4 Å². The maximum absolute atomic E-state index is 13.2. The Labute approximate surface area is 156 Å². The molecule has 3 amide bonds. The van der Waals surface area contributed by atoms with Gasteiger partial charge in [0.25, 0.3) is 5.91 Å². The Bertz CT molecular complexity index is 768. The van der Waals surface area contributed by atoms with Gasteiger partial charge >= 0.3 is 6.03 Å². The van der Waals surface area contributed by atoms with Crippen molar-refractivity contribution in [2.75, 3.05) is 18.0 Å². The highest BCUT2D eigenvalue weighted by Crippen LogP contribution is 2.25. The summed E-state index contributed by atoms with van der Waals surface area (Å²) in [6.07, 6.45) is 3.10. The molecule has 1 heterocycles. The van der Waals surface area contributed by atoms with Crippen LogP contribution in [0.25, 0.3) is 0 Å². The van der Waals surface area contributed by atoms with E-state index in [4.69, 9.17) is 0 Å². The molecule has 0 radical (unpaired) electrons. The van der Waals surface area contributed by atoms with Crippen LogP contribution in [0.1, 0.15) is 35.2 Å². The molecule has 3 rings (SSSR count). The summed E-state index contributed by atoms with van der Waals surface area (Å²) in [5.74, 6) is -0.313. The van der Waals surface area contributed by atoms with E-state index in [-0.39, 0.29) is 11.9 Å². The van der Waals surface area contributed by atoms with E-state index in [2.05, 4.69) is 15.9 Å². The number of rotatable bonds is 2. The number of anilines is 1. The van der Waals surface area contributed by atoms with Gasteiger partial charge in [-0.25, -0.2) is 9.69 Å². The van der Waals surface area contributed by atoms with E-state index in [1.807, 2.05) is 43.3 Å². The molecule has 1 aliphatic rings. The van der Waals surface area contributed by atoms with Crippen molar-refractivity contribution in [3.8, 4) is 0 Å². The number of hydrogen-bond acceptors (Lipinski definition) is 2. The van der Waals surface area contributed by atoms with Gasteiger partial charge in [-0.1, -0.05) is 29.8 Å². The summed E-state index contributed by atoms with van der Waals surface area (Å²) in [5.41, 5.74) is 2.16. The summed E-state index contributed by atoms with van der Waals surface area (Å²) in [4.78, 5) is 29.4. The van der Waals surface area contributed by atoms with Gasteiger partial charge in [-0.15, -0.1) is 0 Å². The number of likely N-dealkylation sites (tertiary alicyclic amines) is 1. The minimum atomic E-state index is -0.313.